The Morgan fingerprint density at radius 2 is 0.526 bits per heavy atom. The lowest BCUT2D eigenvalue weighted by molar-refractivity contribution is -0.161. The predicted molar refractivity (Wildman–Crippen MR) is 395 cm³/mol. The molecule has 3 unspecified atom stereocenters. The number of aliphatic hydroxyl groups is 1. The van der Waals surface area contributed by atoms with Gasteiger partial charge in [0.1, 0.15) is 19.3 Å². The van der Waals surface area contributed by atoms with E-state index in [-0.39, 0.29) is 25.7 Å². The average Bonchev–Trinajstić information content (AvgIpc) is 1.28. The Morgan fingerprint density at radius 1 is 0.299 bits per heavy atom. The van der Waals surface area contributed by atoms with Crippen LogP contribution in [-0.4, -0.2) is 96.7 Å². The number of esters is 4. The monoisotopic (exact) mass is 1420 g/mol. The summed E-state index contributed by atoms with van der Waals surface area (Å²) >= 11 is 0. The zero-order valence-electron chi connectivity index (χ0n) is 63.4. The van der Waals surface area contributed by atoms with Crippen molar-refractivity contribution in [3.63, 3.8) is 0 Å². The molecule has 97 heavy (non-hydrogen) atoms. The summed E-state index contributed by atoms with van der Waals surface area (Å²) in [6.07, 6.45) is 58.5. The molecule has 17 nitrogen and oxygen atoms in total. The molecule has 0 aromatic heterocycles. The van der Waals surface area contributed by atoms with Crippen molar-refractivity contribution >= 4 is 39.5 Å². The van der Waals surface area contributed by atoms with Crippen LogP contribution >= 0.6 is 15.6 Å². The van der Waals surface area contributed by atoms with E-state index in [0.29, 0.717) is 25.7 Å². The Morgan fingerprint density at radius 3 is 0.784 bits per heavy atom. The van der Waals surface area contributed by atoms with Gasteiger partial charge in [-0.2, -0.15) is 0 Å². The van der Waals surface area contributed by atoms with Gasteiger partial charge in [0.2, 0.25) is 0 Å². The minimum Gasteiger partial charge on any atom is -0.462 e. The maximum absolute atomic E-state index is 13.1. The minimum atomic E-state index is -4.96. The first kappa shape index (κ1) is 95.1. The lowest BCUT2D eigenvalue weighted by Gasteiger charge is -2.21. The molecule has 6 atom stereocenters. The molecule has 576 valence electrons. The van der Waals surface area contributed by atoms with E-state index in [0.717, 1.165) is 108 Å². The van der Waals surface area contributed by atoms with Gasteiger partial charge in [-0.25, -0.2) is 9.13 Å². The number of phosphoric ester groups is 2. The second-order valence-corrected chi connectivity index (χ2v) is 31.7. The second-order valence-electron chi connectivity index (χ2n) is 28.8. The summed E-state index contributed by atoms with van der Waals surface area (Å²) in [5.41, 5.74) is 0. The number of unbranched alkanes of at least 4 members (excludes halogenated alkanes) is 46. The predicted octanol–water partition coefficient (Wildman–Crippen LogP) is 23.1. The van der Waals surface area contributed by atoms with Gasteiger partial charge < -0.3 is 33.8 Å². The molecule has 0 amide bonds. The first-order chi connectivity index (χ1) is 46.9. The quantitative estimate of drug-likeness (QED) is 0.0222. The normalized spacial score (nSPS) is 14.2. The van der Waals surface area contributed by atoms with Crippen LogP contribution < -0.4 is 0 Å². The van der Waals surface area contributed by atoms with E-state index in [1.807, 2.05) is 0 Å². The number of rotatable bonds is 77. The van der Waals surface area contributed by atoms with Gasteiger partial charge in [-0.05, 0) is 37.5 Å². The van der Waals surface area contributed by atoms with Crippen LogP contribution in [0.25, 0.3) is 0 Å². The fourth-order valence-corrected chi connectivity index (χ4v) is 13.6. The summed E-state index contributed by atoms with van der Waals surface area (Å²) in [5.74, 6) is -0.567. The molecular formula is C78H152O17P2. The van der Waals surface area contributed by atoms with Crippen LogP contribution in [0.5, 0.6) is 0 Å². The highest BCUT2D eigenvalue weighted by atomic mass is 31.2. The molecule has 0 bridgehead atoms. The first-order valence-corrected chi connectivity index (χ1v) is 43.5. The van der Waals surface area contributed by atoms with E-state index in [1.165, 1.54) is 218 Å². The largest absolute Gasteiger partial charge is 0.472 e. The Hall–Kier alpha value is -1.94. The summed E-state index contributed by atoms with van der Waals surface area (Å²) in [4.78, 5) is 72.8. The number of ether oxygens (including phenoxy) is 4. The van der Waals surface area contributed by atoms with E-state index in [9.17, 15) is 43.2 Å². The van der Waals surface area contributed by atoms with Gasteiger partial charge in [-0.1, -0.05) is 356 Å². The highest BCUT2D eigenvalue weighted by molar-refractivity contribution is 7.47. The highest BCUT2D eigenvalue weighted by Gasteiger charge is 2.30. The zero-order chi connectivity index (χ0) is 71.4. The van der Waals surface area contributed by atoms with Crippen molar-refractivity contribution in [1.29, 1.82) is 0 Å². The number of hydrogen-bond acceptors (Lipinski definition) is 15. The smallest absolute Gasteiger partial charge is 0.462 e. The lowest BCUT2D eigenvalue weighted by atomic mass is 9.99. The van der Waals surface area contributed by atoms with Crippen LogP contribution in [0.15, 0.2) is 0 Å². The standard InChI is InChI=1S/C78H152O17P2/c1-7-10-12-14-16-18-19-20-21-22-23-24-25-26-27-28-29-34-37-44-50-56-62-77(82)94-74(67-89-76(81)61-55-49-43-36-33-31-30-32-35-40-46-52-58-70(4)5)69-93-97(86,87)91-65-72(79)64-90-96(84,85)92-68-73(66-88-75(80)60-54-48-42-17-15-13-11-8-2)95-78(83)63-57-51-45-39-38-41-47-53-59-71(6)9-3/h70-74,79H,7-69H2,1-6H3,(H,84,85)(H,86,87)/t71?,72-,73+,74+/m0/s1. The molecule has 0 fully saturated rings. The third kappa shape index (κ3) is 70.9. The van der Waals surface area contributed by atoms with E-state index in [4.69, 9.17) is 37.0 Å². The molecule has 19 heteroatoms. The fourth-order valence-electron chi connectivity index (χ4n) is 12.0. The maximum Gasteiger partial charge on any atom is 0.472 e. The molecule has 0 heterocycles. The summed E-state index contributed by atoms with van der Waals surface area (Å²) in [6.45, 7) is 9.58. The first-order valence-electron chi connectivity index (χ1n) is 40.5. The zero-order valence-corrected chi connectivity index (χ0v) is 65.2. The number of hydrogen-bond donors (Lipinski definition) is 3. The van der Waals surface area contributed by atoms with Gasteiger partial charge >= 0.3 is 39.5 Å². The van der Waals surface area contributed by atoms with Crippen LogP contribution in [-0.2, 0) is 65.4 Å². The molecule has 0 aliphatic carbocycles. The highest BCUT2D eigenvalue weighted by Crippen LogP contribution is 2.45. The van der Waals surface area contributed by atoms with Crippen LogP contribution in [0, 0.1) is 11.8 Å². The molecule has 0 saturated heterocycles. The lowest BCUT2D eigenvalue weighted by Crippen LogP contribution is -2.30. The summed E-state index contributed by atoms with van der Waals surface area (Å²) in [5, 5.41) is 10.6. The van der Waals surface area contributed by atoms with Gasteiger partial charge in [0.25, 0.3) is 0 Å². The Bertz CT molecular complexity index is 1870. The fraction of sp³-hybridized carbons (Fsp3) is 0.949. The molecule has 3 N–H and O–H groups in total. The maximum atomic E-state index is 13.1. The minimum absolute atomic E-state index is 0.105. The van der Waals surface area contributed by atoms with Crippen LogP contribution in [0.2, 0.25) is 0 Å². The van der Waals surface area contributed by atoms with Gasteiger partial charge in [-0.15, -0.1) is 0 Å². The number of carbonyl (C=O) groups is 4. The van der Waals surface area contributed by atoms with E-state index in [2.05, 4.69) is 41.5 Å². The van der Waals surface area contributed by atoms with Gasteiger partial charge in [0.05, 0.1) is 26.4 Å². The number of phosphoric acid groups is 2. The topological polar surface area (TPSA) is 237 Å². The number of carbonyl (C=O) groups excluding carboxylic acids is 4. The molecule has 0 spiro atoms. The molecule has 0 aliphatic heterocycles. The van der Waals surface area contributed by atoms with Crippen LogP contribution in [0.3, 0.4) is 0 Å². The number of aliphatic hydroxyl groups excluding tert-OH is 1. The molecule has 0 aromatic carbocycles. The van der Waals surface area contributed by atoms with E-state index >= 15 is 0 Å². The van der Waals surface area contributed by atoms with Gasteiger partial charge in [0.15, 0.2) is 12.2 Å². The third-order valence-electron chi connectivity index (χ3n) is 18.6. The van der Waals surface area contributed by atoms with E-state index < -0.39 is 97.5 Å². The van der Waals surface area contributed by atoms with Gasteiger partial charge in [0, 0.05) is 25.7 Å². The average molecular weight is 1420 g/mol. The Labute approximate surface area is 594 Å². The van der Waals surface area contributed by atoms with Gasteiger partial charge in [-0.3, -0.25) is 37.3 Å². The molecule has 0 rings (SSSR count). The SMILES string of the molecule is CCCCCCCCCCCCCCCCCCCCCCCCC(=O)O[C@H](COC(=O)CCCCCCCCCCCCCCC(C)C)COP(=O)(O)OC[C@@H](O)COP(=O)(O)OC[C@@H](COC(=O)CCCCCCCCCC)OC(=O)CCCCCCCCCCC(C)CC. The van der Waals surface area contributed by atoms with E-state index in [1.54, 1.807) is 0 Å². The molecular weight excluding hydrogens is 1270 g/mol. The Balaban J connectivity index is 5.17. The summed E-state index contributed by atoms with van der Waals surface area (Å²) in [7, 11) is -9.91. The van der Waals surface area contributed by atoms with Crippen molar-refractivity contribution in [3.8, 4) is 0 Å². The van der Waals surface area contributed by atoms with Crippen molar-refractivity contribution in [2.45, 2.75) is 426 Å². The van der Waals surface area contributed by atoms with Crippen molar-refractivity contribution in [1.82, 2.24) is 0 Å². The van der Waals surface area contributed by atoms with Crippen molar-refractivity contribution in [2.24, 2.45) is 11.8 Å². The van der Waals surface area contributed by atoms with Crippen molar-refractivity contribution in [2.75, 3.05) is 39.6 Å². The second kappa shape index (κ2) is 69.8. The Kier molecular flexibility index (Phi) is 68.4. The van der Waals surface area contributed by atoms with Crippen molar-refractivity contribution in [3.05, 3.63) is 0 Å². The summed E-state index contributed by atoms with van der Waals surface area (Å²) < 4.78 is 68.5. The molecule has 0 saturated carbocycles. The van der Waals surface area contributed by atoms with Crippen LogP contribution in [0.1, 0.15) is 408 Å². The third-order valence-corrected chi connectivity index (χ3v) is 20.5. The molecule has 0 aromatic rings. The van der Waals surface area contributed by atoms with Crippen molar-refractivity contribution < 1.29 is 80.2 Å². The molecule has 0 aliphatic rings. The summed E-state index contributed by atoms with van der Waals surface area (Å²) in [6, 6.07) is 0. The molecule has 0 radical (unpaired) electrons. The van der Waals surface area contributed by atoms with Crippen LogP contribution in [0.4, 0.5) is 0 Å².